The molecule has 5 aromatic rings. The molecular formula is C34H37ClN4O3S. The number of hydrogen-bond donors (Lipinski definition) is 2. The second kappa shape index (κ2) is 13.5. The van der Waals surface area contributed by atoms with E-state index in [4.69, 9.17) is 21.7 Å². The minimum absolute atomic E-state index is 0.0653. The van der Waals surface area contributed by atoms with E-state index < -0.39 is 11.6 Å². The monoisotopic (exact) mass is 616 g/mol. The van der Waals surface area contributed by atoms with Gasteiger partial charge >= 0.3 is 5.97 Å². The molecule has 2 N–H and O–H groups in total. The molecule has 0 bridgehead atoms. The molecular weight excluding hydrogens is 580 g/mol. The maximum atomic E-state index is 11.7. The minimum atomic E-state index is -0.869. The number of fused-ring (bicyclic) bond motifs is 1. The normalized spacial score (nSPS) is 11.3. The van der Waals surface area contributed by atoms with Crippen molar-refractivity contribution in [1.82, 2.24) is 19.7 Å². The van der Waals surface area contributed by atoms with E-state index in [1.807, 2.05) is 66.5 Å². The predicted molar refractivity (Wildman–Crippen MR) is 177 cm³/mol. The largest absolute Gasteiger partial charge is 0.481 e. The van der Waals surface area contributed by atoms with Crippen molar-refractivity contribution in [3.05, 3.63) is 77.2 Å². The third-order valence-electron chi connectivity index (χ3n) is 6.04. The van der Waals surface area contributed by atoms with Crippen LogP contribution in [0.2, 0.25) is 5.02 Å². The smallest absolute Gasteiger partial charge is 0.307 e. The fourth-order valence-corrected chi connectivity index (χ4v) is 5.46. The van der Waals surface area contributed by atoms with Crippen LogP contribution < -0.4 is 0 Å². The molecule has 5 rings (SSSR count). The molecule has 43 heavy (non-hydrogen) atoms. The zero-order chi connectivity index (χ0) is 32.1. The van der Waals surface area contributed by atoms with Crippen molar-refractivity contribution in [2.24, 2.45) is 0 Å². The molecule has 0 saturated heterocycles. The van der Waals surface area contributed by atoms with Crippen molar-refractivity contribution < 1.29 is 15.0 Å². The molecule has 0 saturated carbocycles. The molecule has 0 aliphatic rings. The summed E-state index contributed by atoms with van der Waals surface area (Å²) in [5.41, 5.74) is 6.44. The number of carboxylic acid groups (broad SMARTS) is 1. The molecule has 0 fully saturated rings. The number of terminal acetylenes is 1. The van der Waals surface area contributed by atoms with Gasteiger partial charge in [0.05, 0.1) is 39.7 Å². The van der Waals surface area contributed by atoms with E-state index in [1.54, 1.807) is 38.3 Å². The van der Waals surface area contributed by atoms with Crippen LogP contribution in [0.25, 0.3) is 43.2 Å². The van der Waals surface area contributed by atoms with Crippen LogP contribution in [0, 0.1) is 19.8 Å². The first-order valence-electron chi connectivity index (χ1n) is 13.6. The zero-order valence-electron chi connectivity index (χ0n) is 25.5. The van der Waals surface area contributed by atoms with Crippen molar-refractivity contribution in [2.45, 2.75) is 66.0 Å². The molecule has 0 unspecified atom stereocenters. The molecule has 2 aromatic carbocycles. The fraction of sp³-hybridized carbons (Fsp3) is 0.294. The Bertz CT molecular complexity index is 1730. The Morgan fingerprint density at radius 3 is 2.19 bits per heavy atom. The molecule has 3 heterocycles. The van der Waals surface area contributed by atoms with E-state index in [1.165, 1.54) is 0 Å². The van der Waals surface area contributed by atoms with E-state index in [-0.39, 0.29) is 12.0 Å². The van der Waals surface area contributed by atoms with Crippen LogP contribution in [0.1, 0.15) is 52.7 Å². The van der Waals surface area contributed by atoms with Gasteiger partial charge in [-0.2, -0.15) is 5.10 Å². The van der Waals surface area contributed by atoms with Gasteiger partial charge in [-0.25, -0.2) is 4.98 Å². The van der Waals surface area contributed by atoms with Crippen molar-refractivity contribution >= 4 is 39.1 Å². The van der Waals surface area contributed by atoms with E-state index in [0.29, 0.717) is 5.02 Å². The van der Waals surface area contributed by atoms with Gasteiger partial charge in [0.15, 0.2) is 0 Å². The van der Waals surface area contributed by atoms with Gasteiger partial charge in [-0.05, 0) is 95.5 Å². The summed E-state index contributed by atoms with van der Waals surface area (Å²) in [6.07, 6.45) is 13.6. The Kier molecular flexibility index (Phi) is 10.5. The molecule has 0 amide bonds. The average Bonchev–Trinajstić information content (AvgIpc) is 3.58. The minimum Gasteiger partial charge on any atom is -0.481 e. The Morgan fingerprint density at radius 2 is 1.63 bits per heavy atom. The van der Waals surface area contributed by atoms with E-state index >= 15 is 0 Å². The highest BCUT2D eigenvalue weighted by Gasteiger charge is 2.20. The van der Waals surface area contributed by atoms with Crippen LogP contribution in [-0.4, -0.2) is 41.5 Å². The van der Waals surface area contributed by atoms with Crippen molar-refractivity contribution in [3.8, 4) is 45.8 Å². The van der Waals surface area contributed by atoms with Crippen LogP contribution in [0.3, 0.4) is 0 Å². The number of thiazole rings is 1. The highest BCUT2D eigenvalue weighted by atomic mass is 35.5. The van der Waals surface area contributed by atoms with Gasteiger partial charge in [0.1, 0.15) is 5.01 Å². The molecule has 3 aromatic heterocycles. The SMILES string of the molecule is C#C.CC(C)(C)O.Cc1cc2nc(-c3ccnc(-c4cnn(C(C)(C)C)c4)c3)sc2c(-c2ccc(Cl)cc2)c1CC(=O)O. The number of aliphatic hydroxyl groups is 1. The van der Waals surface area contributed by atoms with Gasteiger partial charge in [-0.3, -0.25) is 14.5 Å². The van der Waals surface area contributed by atoms with Crippen LogP contribution >= 0.6 is 22.9 Å². The molecule has 0 atom stereocenters. The van der Waals surface area contributed by atoms with E-state index in [2.05, 4.69) is 43.7 Å². The highest BCUT2D eigenvalue weighted by molar-refractivity contribution is 7.22. The van der Waals surface area contributed by atoms with Gasteiger partial charge < -0.3 is 10.2 Å². The molecule has 224 valence electrons. The number of carboxylic acids is 1. The first kappa shape index (κ1) is 33.5. The Hall–Kier alpha value is -4.03. The lowest BCUT2D eigenvalue weighted by Crippen LogP contribution is -2.21. The maximum Gasteiger partial charge on any atom is 0.307 e. The number of aryl methyl sites for hydroxylation is 1. The van der Waals surface area contributed by atoms with Crippen LogP contribution in [-0.2, 0) is 16.8 Å². The summed E-state index contributed by atoms with van der Waals surface area (Å²) in [5, 5.41) is 24.1. The van der Waals surface area contributed by atoms with Crippen LogP contribution in [0.4, 0.5) is 0 Å². The van der Waals surface area contributed by atoms with Crippen LogP contribution in [0.5, 0.6) is 0 Å². The third kappa shape index (κ3) is 8.74. The lowest BCUT2D eigenvalue weighted by molar-refractivity contribution is -0.136. The van der Waals surface area contributed by atoms with Gasteiger partial charge in [0.2, 0.25) is 0 Å². The fourth-order valence-electron chi connectivity index (χ4n) is 4.20. The topological polar surface area (TPSA) is 101 Å². The van der Waals surface area contributed by atoms with Crippen LogP contribution in [0.15, 0.2) is 61.1 Å². The lowest BCUT2D eigenvalue weighted by atomic mass is 9.93. The number of pyridine rings is 1. The van der Waals surface area contributed by atoms with Gasteiger partial charge in [-0.1, -0.05) is 23.7 Å². The van der Waals surface area contributed by atoms with Gasteiger partial charge in [0.25, 0.3) is 0 Å². The van der Waals surface area contributed by atoms with E-state index in [9.17, 15) is 9.90 Å². The molecule has 7 nitrogen and oxygen atoms in total. The second-order valence-corrected chi connectivity index (χ2v) is 13.4. The molecule has 0 radical (unpaired) electrons. The summed E-state index contributed by atoms with van der Waals surface area (Å²) in [6.45, 7) is 13.5. The summed E-state index contributed by atoms with van der Waals surface area (Å²) >= 11 is 7.69. The molecule has 0 aliphatic heterocycles. The Balaban J connectivity index is 0.000000657. The quantitative estimate of drug-likeness (QED) is 0.193. The number of nitrogens with zero attached hydrogens (tertiary/aromatic N) is 4. The van der Waals surface area contributed by atoms with E-state index in [0.717, 1.165) is 54.3 Å². The summed E-state index contributed by atoms with van der Waals surface area (Å²) in [6, 6.07) is 13.5. The standard InChI is InChI=1S/C28H25ClN4O2S.C4H10O.C2H2/c1-16-11-23-26(25(21(16)13-24(34)35)17-5-7-20(29)8-6-17)36-27(32-23)18-9-10-30-22(12-18)19-14-31-33(15-19)28(2,3)4;1-4(2,3)5;1-2/h5-12,14-15H,13H2,1-4H3,(H,34,35);5H,1-3H3;1-2H. The summed E-state index contributed by atoms with van der Waals surface area (Å²) in [4.78, 5) is 21.2. The lowest BCUT2D eigenvalue weighted by Gasteiger charge is -2.18. The third-order valence-corrected chi connectivity index (χ3v) is 7.43. The summed E-state index contributed by atoms with van der Waals surface area (Å²) in [5.74, 6) is -0.869. The number of rotatable bonds is 5. The van der Waals surface area contributed by atoms with Crippen molar-refractivity contribution in [3.63, 3.8) is 0 Å². The van der Waals surface area contributed by atoms with Gasteiger partial charge in [0, 0.05) is 34.1 Å². The number of hydrogen-bond acceptors (Lipinski definition) is 6. The first-order chi connectivity index (χ1) is 20.1. The molecule has 0 spiro atoms. The second-order valence-electron chi connectivity index (χ2n) is 11.9. The highest BCUT2D eigenvalue weighted by Crippen LogP contribution is 2.41. The Labute approximate surface area is 262 Å². The number of aliphatic carboxylic acids is 1. The Morgan fingerprint density at radius 1 is 1.00 bits per heavy atom. The maximum absolute atomic E-state index is 11.7. The summed E-state index contributed by atoms with van der Waals surface area (Å²) < 4.78 is 2.88. The number of halogens is 1. The zero-order valence-corrected chi connectivity index (χ0v) is 27.1. The molecule has 9 heteroatoms. The summed E-state index contributed by atoms with van der Waals surface area (Å²) in [7, 11) is 0. The molecule has 0 aliphatic carbocycles. The number of aromatic nitrogens is 4. The first-order valence-corrected chi connectivity index (χ1v) is 14.8. The predicted octanol–water partition coefficient (Wildman–Crippen LogP) is 8.26. The number of carbonyl (C=O) groups is 1. The van der Waals surface area contributed by atoms with Crippen molar-refractivity contribution in [1.29, 1.82) is 0 Å². The number of benzene rings is 2. The van der Waals surface area contributed by atoms with Crippen molar-refractivity contribution in [2.75, 3.05) is 0 Å². The van der Waals surface area contributed by atoms with Gasteiger partial charge in [-0.15, -0.1) is 24.2 Å². The average molecular weight is 617 g/mol.